The summed E-state index contributed by atoms with van der Waals surface area (Å²) in [6.07, 6.45) is 0. The van der Waals surface area contributed by atoms with Crippen LogP contribution in [0.1, 0.15) is 30.4 Å². The molecule has 1 aromatic heterocycles. The minimum absolute atomic E-state index is 0.312. The number of carbonyl (C=O) groups is 1. The van der Waals surface area contributed by atoms with Crippen LogP contribution in [-0.4, -0.2) is 11.6 Å². The van der Waals surface area contributed by atoms with Crippen molar-refractivity contribution in [2.75, 3.05) is 0 Å². The minimum Gasteiger partial charge on any atom is -0.456 e. The van der Waals surface area contributed by atoms with Crippen molar-refractivity contribution in [3.8, 4) is 0 Å². The normalized spacial score (nSPS) is 11.8. The van der Waals surface area contributed by atoms with Crippen molar-refractivity contribution in [1.82, 2.24) is 0 Å². The number of rotatable bonds is 1. The molecule has 0 unspecified atom stereocenters. The highest BCUT2D eigenvalue weighted by molar-refractivity contribution is 7.20. The summed E-state index contributed by atoms with van der Waals surface area (Å²) in [4.78, 5) is 12.2. The third-order valence-electron chi connectivity index (χ3n) is 2.11. The Morgan fingerprint density at radius 3 is 2.65 bits per heavy atom. The highest BCUT2D eigenvalue weighted by Crippen LogP contribution is 2.28. The fraction of sp³-hybridized carbons (Fsp3) is 0.308. The van der Waals surface area contributed by atoms with Gasteiger partial charge in [0, 0.05) is 10.1 Å². The molecule has 90 valence electrons. The summed E-state index contributed by atoms with van der Waals surface area (Å²) < 4.78 is 19.5. The van der Waals surface area contributed by atoms with Gasteiger partial charge in [0.2, 0.25) is 0 Å². The molecule has 0 fully saturated rings. The predicted octanol–water partition coefficient (Wildman–Crippen LogP) is 4.00. The van der Waals surface area contributed by atoms with Crippen molar-refractivity contribution >= 4 is 27.4 Å². The summed E-state index contributed by atoms with van der Waals surface area (Å²) in [5, 5.41) is 0.471. The van der Waals surface area contributed by atoms with Gasteiger partial charge >= 0.3 is 5.97 Å². The quantitative estimate of drug-likeness (QED) is 0.717. The number of hydrogen-bond acceptors (Lipinski definition) is 3. The van der Waals surface area contributed by atoms with Gasteiger partial charge in [0.1, 0.15) is 16.3 Å². The van der Waals surface area contributed by atoms with E-state index in [1.807, 2.05) is 0 Å². The van der Waals surface area contributed by atoms with Gasteiger partial charge in [-0.15, -0.1) is 11.3 Å². The Morgan fingerprint density at radius 2 is 2.06 bits per heavy atom. The van der Waals surface area contributed by atoms with Crippen LogP contribution in [0, 0.1) is 5.82 Å². The van der Waals surface area contributed by atoms with Crippen LogP contribution in [0.25, 0.3) is 10.1 Å². The van der Waals surface area contributed by atoms with Crippen molar-refractivity contribution in [2.24, 2.45) is 0 Å². The molecule has 0 saturated heterocycles. The zero-order valence-corrected chi connectivity index (χ0v) is 10.7. The molecule has 0 aliphatic carbocycles. The largest absolute Gasteiger partial charge is 0.456 e. The second kappa shape index (κ2) is 4.11. The molecule has 0 N–H and O–H groups in total. The number of thiophene rings is 1. The summed E-state index contributed by atoms with van der Waals surface area (Å²) in [6, 6.07) is 6.35. The van der Waals surface area contributed by atoms with E-state index in [2.05, 4.69) is 0 Å². The number of carbonyl (C=O) groups excluding carboxylic acids is 1. The Morgan fingerprint density at radius 1 is 1.35 bits per heavy atom. The van der Waals surface area contributed by atoms with E-state index in [-0.39, 0.29) is 5.82 Å². The van der Waals surface area contributed by atoms with Crippen LogP contribution in [0.3, 0.4) is 0 Å². The zero-order valence-electron chi connectivity index (χ0n) is 9.91. The molecule has 2 nitrogen and oxygen atoms in total. The lowest BCUT2D eigenvalue weighted by molar-refractivity contribution is 0.00753. The maximum atomic E-state index is 13.5. The SMILES string of the molecule is CC(C)(C)OC(=O)c1cc2c(F)cccc2s1. The average Bonchev–Trinajstić information content (AvgIpc) is 2.60. The molecule has 2 rings (SSSR count). The van der Waals surface area contributed by atoms with Gasteiger partial charge in [-0.05, 0) is 39.0 Å². The fourth-order valence-electron chi connectivity index (χ4n) is 1.45. The molecule has 17 heavy (non-hydrogen) atoms. The first kappa shape index (κ1) is 12.0. The van der Waals surface area contributed by atoms with Crippen LogP contribution >= 0.6 is 11.3 Å². The van der Waals surface area contributed by atoms with E-state index in [0.29, 0.717) is 10.3 Å². The Balaban J connectivity index is 2.37. The van der Waals surface area contributed by atoms with Gasteiger partial charge in [0.05, 0.1) is 0 Å². The molecule has 0 aliphatic rings. The lowest BCUT2D eigenvalue weighted by Gasteiger charge is -2.18. The first-order valence-electron chi connectivity index (χ1n) is 5.28. The van der Waals surface area contributed by atoms with E-state index in [0.717, 1.165) is 4.70 Å². The van der Waals surface area contributed by atoms with E-state index in [4.69, 9.17) is 4.74 Å². The number of hydrogen-bond donors (Lipinski definition) is 0. The molecule has 1 aromatic carbocycles. The topological polar surface area (TPSA) is 26.3 Å². The minimum atomic E-state index is -0.536. The molecule has 0 aliphatic heterocycles. The maximum absolute atomic E-state index is 13.5. The van der Waals surface area contributed by atoms with Crippen LogP contribution < -0.4 is 0 Å². The second-order valence-electron chi connectivity index (χ2n) is 4.76. The van der Waals surface area contributed by atoms with E-state index in [9.17, 15) is 9.18 Å². The Bertz CT molecular complexity index is 566. The third-order valence-corrected chi connectivity index (χ3v) is 3.19. The number of benzene rings is 1. The zero-order chi connectivity index (χ0) is 12.6. The van der Waals surface area contributed by atoms with Gasteiger partial charge in [0.15, 0.2) is 0 Å². The standard InChI is InChI=1S/C13H13FO2S/c1-13(2,3)16-12(15)11-7-8-9(14)5-4-6-10(8)17-11/h4-7H,1-3H3. The number of ether oxygens (including phenoxy) is 1. The van der Waals surface area contributed by atoms with Crippen molar-refractivity contribution in [3.05, 3.63) is 35.0 Å². The van der Waals surface area contributed by atoms with E-state index in [1.54, 1.807) is 39.0 Å². The summed E-state index contributed by atoms with van der Waals surface area (Å²) in [5.41, 5.74) is -0.536. The Hall–Kier alpha value is -1.42. The number of fused-ring (bicyclic) bond motifs is 1. The molecule has 4 heteroatoms. The third kappa shape index (κ3) is 2.64. The van der Waals surface area contributed by atoms with E-state index >= 15 is 0 Å². The molecule has 0 spiro atoms. The molecule has 0 atom stereocenters. The highest BCUT2D eigenvalue weighted by Gasteiger charge is 2.20. The van der Waals surface area contributed by atoms with Gasteiger partial charge in [-0.3, -0.25) is 0 Å². The smallest absolute Gasteiger partial charge is 0.348 e. The van der Waals surface area contributed by atoms with Crippen LogP contribution in [0.2, 0.25) is 0 Å². The molecule has 2 aromatic rings. The lowest BCUT2D eigenvalue weighted by Crippen LogP contribution is -2.23. The van der Waals surface area contributed by atoms with Gasteiger partial charge < -0.3 is 4.74 Å². The molecule has 1 heterocycles. The summed E-state index contributed by atoms with van der Waals surface area (Å²) >= 11 is 1.25. The number of halogens is 1. The highest BCUT2D eigenvalue weighted by atomic mass is 32.1. The fourth-order valence-corrected chi connectivity index (χ4v) is 2.41. The average molecular weight is 252 g/mol. The van der Waals surface area contributed by atoms with Gasteiger partial charge in [-0.25, -0.2) is 9.18 Å². The van der Waals surface area contributed by atoms with Crippen LogP contribution in [0.15, 0.2) is 24.3 Å². The van der Waals surface area contributed by atoms with Crippen LogP contribution in [-0.2, 0) is 4.74 Å². The van der Waals surface area contributed by atoms with Crippen molar-refractivity contribution in [2.45, 2.75) is 26.4 Å². The lowest BCUT2D eigenvalue weighted by atomic mass is 10.2. The molecule has 0 saturated carbocycles. The first-order valence-corrected chi connectivity index (χ1v) is 6.10. The van der Waals surface area contributed by atoms with E-state index in [1.165, 1.54) is 17.4 Å². The summed E-state index contributed by atoms with van der Waals surface area (Å²) in [5.74, 6) is -0.716. The van der Waals surface area contributed by atoms with Crippen LogP contribution in [0.5, 0.6) is 0 Å². The predicted molar refractivity (Wildman–Crippen MR) is 67.0 cm³/mol. The molecule has 0 radical (unpaired) electrons. The van der Waals surface area contributed by atoms with Crippen molar-refractivity contribution < 1.29 is 13.9 Å². The monoisotopic (exact) mass is 252 g/mol. The molecular weight excluding hydrogens is 239 g/mol. The maximum Gasteiger partial charge on any atom is 0.348 e. The van der Waals surface area contributed by atoms with E-state index < -0.39 is 11.6 Å². The molecule has 0 bridgehead atoms. The first-order chi connectivity index (χ1) is 7.87. The Labute approximate surface area is 103 Å². The second-order valence-corrected chi connectivity index (χ2v) is 5.85. The molecular formula is C13H13FO2S. The van der Waals surface area contributed by atoms with Gasteiger partial charge in [-0.2, -0.15) is 0 Å². The van der Waals surface area contributed by atoms with Crippen molar-refractivity contribution in [3.63, 3.8) is 0 Å². The summed E-state index contributed by atoms with van der Waals surface area (Å²) in [7, 11) is 0. The van der Waals surface area contributed by atoms with Crippen LogP contribution in [0.4, 0.5) is 4.39 Å². The number of esters is 1. The van der Waals surface area contributed by atoms with Gasteiger partial charge in [0.25, 0.3) is 0 Å². The summed E-state index contributed by atoms with van der Waals surface area (Å²) in [6.45, 7) is 5.41. The van der Waals surface area contributed by atoms with Crippen molar-refractivity contribution in [1.29, 1.82) is 0 Å². The van der Waals surface area contributed by atoms with Gasteiger partial charge in [-0.1, -0.05) is 6.07 Å². The molecule has 0 amide bonds. The Kier molecular flexibility index (Phi) is 2.91.